The number of hydrogen-bond acceptors (Lipinski definition) is 3. The fourth-order valence-electron chi connectivity index (χ4n) is 2.62. The van der Waals surface area contributed by atoms with E-state index in [1.54, 1.807) is 0 Å². The number of nitrogens with zero attached hydrogens (tertiary/aromatic N) is 2. The van der Waals surface area contributed by atoms with E-state index in [4.69, 9.17) is 4.74 Å². The molecule has 1 atom stereocenters. The zero-order chi connectivity index (χ0) is 15.2. The summed E-state index contributed by atoms with van der Waals surface area (Å²) in [4.78, 5) is 7.06. The Bertz CT molecular complexity index is 624. The number of aromatic nitrogens is 1. The maximum absolute atomic E-state index is 5.48. The van der Waals surface area contributed by atoms with Gasteiger partial charge in [0.25, 0.3) is 0 Å². The first-order valence-electron chi connectivity index (χ1n) is 7.50. The van der Waals surface area contributed by atoms with Gasteiger partial charge in [-0.25, -0.2) is 4.98 Å². The fourth-order valence-corrected chi connectivity index (χ4v) is 2.98. The Morgan fingerprint density at radius 2 is 1.82 bits per heavy atom. The van der Waals surface area contributed by atoms with Crippen molar-refractivity contribution in [3.05, 3.63) is 70.5 Å². The van der Waals surface area contributed by atoms with Gasteiger partial charge >= 0.3 is 0 Å². The summed E-state index contributed by atoms with van der Waals surface area (Å²) in [7, 11) is 0. The van der Waals surface area contributed by atoms with Crippen molar-refractivity contribution in [1.29, 1.82) is 0 Å². The van der Waals surface area contributed by atoms with Gasteiger partial charge in [-0.05, 0) is 33.6 Å². The van der Waals surface area contributed by atoms with Crippen LogP contribution in [0, 0.1) is 0 Å². The Labute approximate surface area is 139 Å². The van der Waals surface area contributed by atoms with Crippen LogP contribution < -0.4 is 0 Å². The quantitative estimate of drug-likeness (QED) is 0.774. The van der Waals surface area contributed by atoms with Gasteiger partial charge in [-0.2, -0.15) is 0 Å². The molecule has 114 valence electrons. The molecule has 4 heteroatoms. The van der Waals surface area contributed by atoms with Crippen molar-refractivity contribution in [1.82, 2.24) is 9.88 Å². The number of morpholine rings is 1. The molecule has 1 aliphatic rings. The first-order valence-corrected chi connectivity index (χ1v) is 8.30. The van der Waals surface area contributed by atoms with Crippen LogP contribution in [-0.2, 0) is 4.74 Å². The van der Waals surface area contributed by atoms with Crippen molar-refractivity contribution in [2.45, 2.75) is 6.04 Å². The van der Waals surface area contributed by atoms with Crippen molar-refractivity contribution < 1.29 is 4.74 Å². The number of halogens is 1. The highest BCUT2D eigenvalue weighted by Gasteiger charge is 2.21. The highest BCUT2D eigenvalue weighted by atomic mass is 79.9. The van der Waals surface area contributed by atoms with Crippen LogP contribution in [0.25, 0.3) is 6.08 Å². The van der Waals surface area contributed by atoms with Crippen LogP contribution in [-0.4, -0.2) is 36.2 Å². The molecule has 1 fully saturated rings. The van der Waals surface area contributed by atoms with E-state index in [-0.39, 0.29) is 6.04 Å². The summed E-state index contributed by atoms with van der Waals surface area (Å²) in [6.07, 6.45) is 4.40. The van der Waals surface area contributed by atoms with Crippen LogP contribution in [0.15, 0.2) is 59.2 Å². The lowest BCUT2D eigenvalue weighted by atomic mass is 10.1. The minimum absolute atomic E-state index is 0.168. The van der Waals surface area contributed by atoms with Crippen LogP contribution in [0.1, 0.15) is 17.3 Å². The summed E-state index contributed by atoms with van der Waals surface area (Å²) >= 11 is 3.47. The zero-order valence-corrected chi connectivity index (χ0v) is 13.9. The zero-order valence-electron chi connectivity index (χ0n) is 12.4. The molecule has 0 bridgehead atoms. The summed E-state index contributed by atoms with van der Waals surface area (Å²) in [6, 6.07) is 16.6. The Balaban J connectivity index is 1.87. The molecule has 2 heterocycles. The lowest BCUT2D eigenvalue weighted by molar-refractivity contribution is 0.0247. The van der Waals surface area contributed by atoms with E-state index < -0.39 is 0 Å². The van der Waals surface area contributed by atoms with E-state index >= 15 is 0 Å². The largest absolute Gasteiger partial charge is 0.379 e. The smallest absolute Gasteiger partial charge is 0.106 e. The standard InChI is InChI=1S/C18H19BrN2O/c19-18-8-4-7-16(20-18)17(21-11-13-22-14-12-21)10-9-15-5-2-1-3-6-15/h1-10,17H,11-14H2/b10-9+. The minimum Gasteiger partial charge on any atom is -0.379 e. The summed E-state index contributed by atoms with van der Waals surface area (Å²) in [6.45, 7) is 3.42. The molecule has 3 rings (SSSR count). The second kappa shape index (κ2) is 7.68. The van der Waals surface area contributed by atoms with E-state index in [2.05, 4.69) is 68.3 Å². The van der Waals surface area contributed by atoms with Gasteiger partial charge in [0.15, 0.2) is 0 Å². The molecule has 0 N–H and O–H groups in total. The SMILES string of the molecule is Brc1cccc(C(/C=C/c2ccccc2)N2CCOCC2)n1. The molecule has 1 aromatic carbocycles. The Kier molecular flexibility index (Phi) is 5.38. The summed E-state index contributed by atoms with van der Waals surface area (Å²) < 4.78 is 6.35. The molecule has 1 saturated heterocycles. The average molecular weight is 359 g/mol. The molecule has 2 aromatic rings. The highest BCUT2D eigenvalue weighted by Crippen LogP contribution is 2.24. The van der Waals surface area contributed by atoms with E-state index in [0.29, 0.717) is 0 Å². The van der Waals surface area contributed by atoms with Crippen molar-refractivity contribution in [2.75, 3.05) is 26.3 Å². The number of pyridine rings is 1. The molecule has 0 radical (unpaired) electrons. The van der Waals surface area contributed by atoms with Crippen molar-refractivity contribution in [3.8, 4) is 0 Å². The predicted octanol–water partition coefficient (Wildman–Crippen LogP) is 3.93. The predicted molar refractivity (Wildman–Crippen MR) is 92.5 cm³/mol. The molecule has 22 heavy (non-hydrogen) atoms. The molecular weight excluding hydrogens is 340 g/mol. The molecule has 1 unspecified atom stereocenters. The number of benzene rings is 1. The third kappa shape index (κ3) is 4.03. The molecule has 1 aliphatic heterocycles. The average Bonchev–Trinajstić information content (AvgIpc) is 2.57. The highest BCUT2D eigenvalue weighted by molar-refractivity contribution is 9.10. The van der Waals surface area contributed by atoms with Gasteiger partial charge in [0.1, 0.15) is 4.60 Å². The molecule has 1 aromatic heterocycles. The van der Waals surface area contributed by atoms with Gasteiger partial charge in [-0.1, -0.05) is 48.6 Å². The van der Waals surface area contributed by atoms with Crippen molar-refractivity contribution in [3.63, 3.8) is 0 Å². The summed E-state index contributed by atoms with van der Waals surface area (Å²) in [5, 5.41) is 0. The third-order valence-electron chi connectivity index (χ3n) is 3.75. The lowest BCUT2D eigenvalue weighted by Gasteiger charge is -2.32. The van der Waals surface area contributed by atoms with Crippen molar-refractivity contribution in [2.24, 2.45) is 0 Å². The second-order valence-corrected chi connectivity index (χ2v) is 6.06. The van der Waals surface area contributed by atoms with Crippen LogP contribution in [0.5, 0.6) is 0 Å². The maximum Gasteiger partial charge on any atom is 0.106 e. The van der Waals surface area contributed by atoms with E-state index in [0.717, 1.165) is 36.6 Å². The third-order valence-corrected chi connectivity index (χ3v) is 4.19. The van der Waals surface area contributed by atoms with Crippen LogP contribution in [0.3, 0.4) is 0 Å². The first-order chi connectivity index (χ1) is 10.8. The van der Waals surface area contributed by atoms with Crippen molar-refractivity contribution >= 4 is 22.0 Å². The normalized spacial score (nSPS) is 17.7. The minimum atomic E-state index is 0.168. The van der Waals surface area contributed by atoms with Crippen LogP contribution in [0.4, 0.5) is 0 Å². The fraction of sp³-hybridized carbons (Fsp3) is 0.278. The van der Waals surface area contributed by atoms with Crippen LogP contribution >= 0.6 is 15.9 Å². The first kappa shape index (κ1) is 15.4. The molecule has 0 spiro atoms. The lowest BCUT2D eigenvalue weighted by Crippen LogP contribution is -2.38. The van der Waals surface area contributed by atoms with E-state index in [1.807, 2.05) is 18.2 Å². The monoisotopic (exact) mass is 358 g/mol. The molecule has 3 nitrogen and oxygen atoms in total. The van der Waals surface area contributed by atoms with Gasteiger partial charge in [-0.15, -0.1) is 0 Å². The Morgan fingerprint density at radius 1 is 1.05 bits per heavy atom. The topological polar surface area (TPSA) is 25.4 Å². The van der Waals surface area contributed by atoms with E-state index in [9.17, 15) is 0 Å². The summed E-state index contributed by atoms with van der Waals surface area (Å²) in [5.74, 6) is 0. The maximum atomic E-state index is 5.48. The van der Waals surface area contributed by atoms with Gasteiger partial charge in [0.2, 0.25) is 0 Å². The molecule has 0 aliphatic carbocycles. The number of hydrogen-bond donors (Lipinski definition) is 0. The van der Waals surface area contributed by atoms with E-state index in [1.165, 1.54) is 5.56 Å². The number of rotatable bonds is 4. The van der Waals surface area contributed by atoms with Gasteiger partial charge in [0, 0.05) is 13.1 Å². The van der Waals surface area contributed by atoms with Gasteiger partial charge in [0.05, 0.1) is 24.9 Å². The van der Waals surface area contributed by atoms with Crippen LogP contribution in [0.2, 0.25) is 0 Å². The van der Waals surface area contributed by atoms with Gasteiger partial charge < -0.3 is 4.74 Å². The second-order valence-electron chi connectivity index (χ2n) is 5.25. The molecule has 0 amide bonds. The molecule has 0 saturated carbocycles. The number of ether oxygens (including phenoxy) is 1. The summed E-state index contributed by atoms with van der Waals surface area (Å²) in [5.41, 5.74) is 2.26. The Hall–Kier alpha value is -1.49. The van der Waals surface area contributed by atoms with Gasteiger partial charge in [-0.3, -0.25) is 4.90 Å². The molecular formula is C18H19BrN2O. The Morgan fingerprint density at radius 3 is 2.55 bits per heavy atom.